The fourth-order valence-electron chi connectivity index (χ4n) is 1.81. The second kappa shape index (κ2) is 3.69. The number of aromatic amines is 1. The molecule has 0 aliphatic rings. The molecule has 0 amide bonds. The van der Waals surface area contributed by atoms with Gasteiger partial charge in [-0.15, -0.1) is 0 Å². The summed E-state index contributed by atoms with van der Waals surface area (Å²) >= 11 is 0. The molecule has 3 aromatic heterocycles. The zero-order valence-electron chi connectivity index (χ0n) is 9.41. The predicted molar refractivity (Wildman–Crippen MR) is 60.3 cm³/mol. The van der Waals surface area contributed by atoms with E-state index in [0.29, 0.717) is 16.8 Å². The van der Waals surface area contributed by atoms with Crippen molar-refractivity contribution >= 4 is 22.8 Å². The molecule has 0 unspecified atom stereocenters. The van der Waals surface area contributed by atoms with E-state index in [-0.39, 0.29) is 18.1 Å². The van der Waals surface area contributed by atoms with Crippen LogP contribution in [0.1, 0.15) is 17.3 Å². The monoisotopic (exact) mass is 247 g/mol. The summed E-state index contributed by atoms with van der Waals surface area (Å²) in [5.41, 5.74) is 0.909. The smallest absolute Gasteiger partial charge is 0.345 e. The van der Waals surface area contributed by atoms with Crippen molar-refractivity contribution in [1.82, 2.24) is 24.6 Å². The standard InChI is InChI=1S/C10H9N5O3/c1-2-18-9(17)6-7-5(14-8(6)16)3-11-10-12-4-13-15(7)10/h3-4,14,16H,2H2,1H3. The lowest BCUT2D eigenvalue weighted by Crippen LogP contribution is -2.06. The Morgan fingerprint density at radius 2 is 2.39 bits per heavy atom. The maximum Gasteiger partial charge on any atom is 0.345 e. The molecule has 8 nitrogen and oxygen atoms in total. The van der Waals surface area contributed by atoms with Gasteiger partial charge in [0.15, 0.2) is 0 Å². The summed E-state index contributed by atoms with van der Waals surface area (Å²) in [5.74, 6) is -0.551. The van der Waals surface area contributed by atoms with Crippen molar-refractivity contribution in [1.29, 1.82) is 0 Å². The molecule has 0 aliphatic heterocycles. The maximum atomic E-state index is 11.8. The Balaban J connectivity index is 2.38. The van der Waals surface area contributed by atoms with Gasteiger partial charge in [0.2, 0.25) is 5.88 Å². The Morgan fingerprint density at radius 1 is 1.56 bits per heavy atom. The van der Waals surface area contributed by atoms with Crippen LogP contribution in [0.4, 0.5) is 0 Å². The van der Waals surface area contributed by atoms with Gasteiger partial charge in [-0.1, -0.05) is 0 Å². The number of carbonyl (C=O) groups is 1. The maximum absolute atomic E-state index is 11.8. The fourth-order valence-corrected chi connectivity index (χ4v) is 1.81. The van der Waals surface area contributed by atoms with E-state index >= 15 is 0 Å². The molecule has 0 saturated carbocycles. The number of rotatable bonds is 2. The number of esters is 1. The normalized spacial score (nSPS) is 11.2. The first kappa shape index (κ1) is 10.5. The Labute approximate surface area is 100 Å². The van der Waals surface area contributed by atoms with Crippen molar-refractivity contribution in [3.8, 4) is 5.88 Å². The van der Waals surface area contributed by atoms with Crippen LogP contribution in [0, 0.1) is 0 Å². The zero-order chi connectivity index (χ0) is 12.7. The summed E-state index contributed by atoms with van der Waals surface area (Å²) in [6.07, 6.45) is 2.79. The number of ether oxygens (including phenoxy) is 1. The van der Waals surface area contributed by atoms with E-state index in [1.165, 1.54) is 17.0 Å². The first-order chi connectivity index (χ1) is 8.72. The largest absolute Gasteiger partial charge is 0.494 e. The molecule has 0 aliphatic carbocycles. The lowest BCUT2D eigenvalue weighted by atomic mass is 10.3. The van der Waals surface area contributed by atoms with Gasteiger partial charge in [-0.2, -0.15) is 14.6 Å². The Hall–Kier alpha value is -2.64. The summed E-state index contributed by atoms with van der Waals surface area (Å²) in [6.45, 7) is 1.91. The van der Waals surface area contributed by atoms with Crippen LogP contribution in [0.5, 0.6) is 5.88 Å². The first-order valence-corrected chi connectivity index (χ1v) is 5.29. The molecule has 0 atom stereocenters. The molecule has 3 rings (SSSR count). The van der Waals surface area contributed by atoms with Crippen LogP contribution in [-0.4, -0.2) is 42.2 Å². The number of H-pyrrole nitrogens is 1. The number of aromatic hydroxyl groups is 1. The molecule has 0 bridgehead atoms. The Morgan fingerprint density at radius 3 is 3.17 bits per heavy atom. The average molecular weight is 247 g/mol. The number of nitrogens with one attached hydrogen (secondary N) is 1. The summed E-state index contributed by atoms with van der Waals surface area (Å²) in [6, 6.07) is 0. The third-order valence-electron chi connectivity index (χ3n) is 2.51. The van der Waals surface area contributed by atoms with Crippen molar-refractivity contribution in [3.05, 3.63) is 18.1 Å². The first-order valence-electron chi connectivity index (χ1n) is 5.29. The van der Waals surface area contributed by atoms with Crippen molar-refractivity contribution in [2.45, 2.75) is 6.92 Å². The van der Waals surface area contributed by atoms with E-state index in [0.717, 1.165) is 0 Å². The molecule has 2 N–H and O–H groups in total. The minimum atomic E-state index is -0.621. The van der Waals surface area contributed by atoms with E-state index in [1.807, 2.05) is 0 Å². The number of fused-ring (bicyclic) bond motifs is 3. The fraction of sp³-hybridized carbons (Fsp3) is 0.200. The number of aromatic nitrogens is 5. The summed E-state index contributed by atoms with van der Waals surface area (Å²) in [7, 11) is 0. The number of carbonyl (C=O) groups excluding carboxylic acids is 1. The molecule has 0 spiro atoms. The summed E-state index contributed by atoms with van der Waals surface area (Å²) in [5, 5.41) is 13.8. The lowest BCUT2D eigenvalue weighted by molar-refractivity contribution is 0.0525. The van der Waals surface area contributed by atoms with Crippen LogP contribution in [0.2, 0.25) is 0 Å². The van der Waals surface area contributed by atoms with Crippen LogP contribution in [-0.2, 0) is 4.74 Å². The average Bonchev–Trinajstić information content (AvgIpc) is 2.90. The summed E-state index contributed by atoms with van der Waals surface area (Å²) < 4.78 is 6.27. The highest BCUT2D eigenvalue weighted by Gasteiger charge is 2.22. The molecule has 0 radical (unpaired) electrons. The molecule has 92 valence electrons. The van der Waals surface area contributed by atoms with Crippen molar-refractivity contribution in [2.75, 3.05) is 6.61 Å². The second-order valence-corrected chi connectivity index (χ2v) is 3.56. The highest BCUT2D eigenvalue weighted by atomic mass is 16.5. The second-order valence-electron chi connectivity index (χ2n) is 3.56. The van der Waals surface area contributed by atoms with E-state index < -0.39 is 5.97 Å². The molecule has 0 fully saturated rings. The van der Waals surface area contributed by atoms with E-state index in [9.17, 15) is 9.90 Å². The van der Waals surface area contributed by atoms with Gasteiger partial charge >= 0.3 is 5.97 Å². The quantitative estimate of drug-likeness (QED) is 0.638. The molecule has 3 heterocycles. The van der Waals surface area contributed by atoms with Gasteiger partial charge in [0.25, 0.3) is 5.78 Å². The van der Waals surface area contributed by atoms with Gasteiger partial charge in [0.05, 0.1) is 18.3 Å². The van der Waals surface area contributed by atoms with E-state index in [4.69, 9.17) is 4.74 Å². The molecule has 0 saturated heterocycles. The Bertz CT molecular complexity index is 744. The molecule has 3 aromatic rings. The molecule has 18 heavy (non-hydrogen) atoms. The van der Waals surface area contributed by atoms with Crippen LogP contribution in [0.3, 0.4) is 0 Å². The van der Waals surface area contributed by atoms with Gasteiger partial charge in [0.1, 0.15) is 17.4 Å². The van der Waals surface area contributed by atoms with Crippen molar-refractivity contribution in [2.24, 2.45) is 0 Å². The van der Waals surface area contributed by atoms with Gasteiger partial charge < -0.3 is 14.8 Å². The summed E-state index contributed by atoms with van der Waals surface area (Å²) in [4.78, 5) is 22.4. The molecule has 8 heteroatoms. The van der Waals surface area contributed by atoms with Crippen molar-refractivity contribution < 1.29 is 14.6 Å². The number of hydrogen-bond donors (Lipinski definition) is 2. The number of nitrogens with zero attached hydrogens (tertiary/aromatic N) is 4. The van der Waals surface area contributed by atoms with Crippen LogP contribution in [0.15, 0.2) is 12.5 Å². The van der Waals surface area contributed by atoms with Gasteiger partial charge in [-0.3, -0.25) is 0 Å². The van der Waals surface area contributed by atoms with E-state index in [1.54, 1.807) is 6.92 Å². The third kappa shape index (κ3) is 1.32. The van der Waals surface area contributed by atoms with Crippen molar-refractivity contribution in [3.63, 3.8) is 0 Å². The molecular weight excluding hydrogens is 238 g/mol. The van der Waals surface area contributed by atoms with Crippen LogP contribution < -0.4 is 0 Å². The van der Waals surface area contributed by atoms with Gasteiger partial charge in [-0.05, 0) is 6.92 Å². The molecular formula is C10H9N5O3. The lowest BCUT2D eigenvalue weighted by Gasteiger charge is -2.01. The minimum Gasteiger partial charge on any atom is -0.494 e. The highest BCUT2D eigenvalue weighted by Crippen LogP contribution is 2.27. The molecule has 0 aromatic carbocycles. The van der Waals surface area contributed by atoms with Gasteiger partial charge in [0, 0.05) is 0 Å². The van der Waals surface area contributed by atoms with E-state index in [2.05, 4.69) is 20.1 Å². The topological polar surface area (TPSA) is 105 Å². The number of hydrogen-bond acceptors (Lipinski definition) is 6. The zero-order valence-corrected chi connectivity index (χ0v) is 9.41. The predicted octanol–water partition coefficient (Wildman–Crippen LogP) is 0.488. The Kier molecular flexibility index (Phi) is 2.15. The SMILES string of the molecule is CCOC(=O)c1c(O)[nH]c2cnc3ncnn3c12. The minimum absolute atomic E-state index is 0.0322. The highest BCUT2D eigenvalue weighted by molar-refractivity contribution is 6.05. The third-order valence-corrected chi connectivity index (χ3v) is 2.51. The van der Waals surface area contributed by atoms with Gasteiger partial charge in [-0.25, -0.2) is 9.78 Å². The van der Waals surface area contributed by atoms with Crippen LogP contribution >= 0.6 is 0 Å². The van der Waals surface area contributed by atoms with Crippen LogP contribution in [0.25, 0.3) is 16.8 Å².